The van der Waals surface area contributed by atoms with Gasteiger partial charge in [-0.15, -0.1) is 12.4 Å². The van der Waals surface area contributed by atoms with E-state index in [4.69, 9.17) is 0 Å². The first-order valence-electron chi connectivity index (χ1n) is 9.60. The van der Waals surface area contributed by atoms with Crippen LogP contribution in [0.4, 0.5) is 0 Å². The van der Waals surface area contributed by atoms with Gasteiger partial charge in [0.25, 0.3) is 0 Å². The number of aromatic hydroxyl groups is 1. The van der Waals surface area contributed by atoms with Gasteiger partial charge in [0.05, 0.1) is 0 Å². The molecule has 1 N–H and O–H groups in total. The summed E-state index contributed by atoms with van der Waals surface area (Å²) < 4.78 is 0. The molecule has 2 atom stereocenters. The summed E-state index contributed by atoms with van der Waals surface area (Å²) in [7, 11) is 0. The van der Waals surface area contributed by atoms with Gasteiger partial charge in [0.15, 0.2) is 0 Å². The third-order valence-electron chi connectivity index (χ3n) is 6.65. The van der Waals surface area contributed by atoms with Crippen molar-refractivity contribution in [2.75, 3.05) is 19.6 Å². The maximum atomic E-state index is 9.81. The van der Waals surface area contributed by atoms with Crippen molar-refractivity contribution < 1.29 is 5.11 Å². The number of phenolic OH excluding ortho intramolecular Hbond substituents is 1. The topological polar surface area (TPSA) is 23.5 Å². The van der Waals surface area contributed by atoms with Crippen LogP contribution in [0.15, 0.2) is 24.3 Å². The van der Waals surface area contributed by atoms with E-state index in [9.17, 15) is 5.11 Å². The highest BCUT2D eigenvalue weighted by Crippen LogP contribution is 2.40. The number of hydrogen-bond acceptors (Lipinski definition) is 2. The minimum absolute atomic E-state index is 0. The molecule has 1 aromatic carbocycles. The number of likely N-dealkylation sites (tertiary alicyclic amines) is 1. The Morgan fingerprint density at radius 2 is 1.96 bits per heavy atom. The molecule has 1 aromatic rings. The summed E-state index contributed by atoms with van der Waals surface area (Å²) in [5.41, 5.74) is 1.50. The average molecular weight is 352 g/mol. The van der Waals surface area contributed by atoms with Gasteiger partial charge >= 0.3 is 0 Å². The predicted molar refractivity (Wildman–Crippen MR) is 104 cm³/mol. The highest BCUT2D eigenvalue weighted by molar-refractivity contribution is 5.85. The van der Waals surface area contributed by atoms with Crippen LogP contribution < -0.4 is 0 Å². The Hall–Kier alpha value is -0.730. The number of phenols is 1. The van der Waals surface area contributed by atoms with Gasteiger partial charge in [0, 0.05) is 6.54 Å². The largest absolute Gasteiger partial charge is 0.508 e. The Bertz CT molecular complexity index is 514. The standard InChI is InChI=1S/C21H33NO.ClH/c1-17-16-22(13-11-18-7-4-3-5-8-18)14-12-21(17,2)19-9-6-10-20(23)15-19;/h6,9-10,15,17-18,23H,3-5,7-8,11-14,16H2,1-2H3;1H. The van der Waals surface area contributed by atoms with E-state index >= 15 is 0 Å². The molecule has 0 spiro atoms. The third kappa shape index (κ3) is 4.46. The predicted octanol–water partition coefficient (Wildman–Crippen LogP) is 5.38. The zero-order valence-electron chi connectivity index (χ0n) is 15.3. The van der Waals surface area contributed by atoms with Gasteiger partial charge in [-0.05, 0) is 60.9 Å². The van der Waals surface area contributed by atoms with E-state index in [1.165, 1.54) is 70.1 Å². The molecule has 1 saturated carbocycles. The summed E-state index contributed by atoms with van der Waals surface area (Å²) >= 11 is 0. The van der Waals surface area contributed by atoms with Gasteiger partial charge in [-0.2, -0.15) is 0 Å². The molecule has 2 fully saturated rings. The van der Waals surface area contributed by atoms with Gasteiger partial charge in [0.1, 0.15) is 5.75 Å². The number of piperidine rings is 1. The third-order valence-corrected chi connectivity index (χ3v) is 6.65. The number of halogens is 1. The zero-order chi connectivity index (χ0) is 16.3. The lowest BCUT2D eigenvalue weighted by Crippen LogP contribution is -2.47. The van der Waals surface area contributed by atoms with Gasteiger partial charge in [-0.3, -0.25) is 0 Å². The molecule has 2 aliphatic rings. The molecule has 2 nitrogen and oxygen atoms in total. The van der Waals surface area contributed by atoms with Crippen molar-refractivity contribution in [3.63, 3.8) is 0 Å². The molecule has 24 heavy (non-hydrogen) atoms. The summed E-state index contributed by atoms with van der Waals surface area (Å²) in [6.45, 7) is 8.44. The fraction of sp³-hybridized carbons (Fsp3) is 0.714. The highest BCUT2D eigenvalue weighted by atomic mass is 35.5. The lowest BCUT2D eigenvalue weighted by molar-refractivity contribution is 0.103. The fourth-order valence-electron chi connectivity index (χ4n) is 4.65. The maximum absolute atomic E-state index is 9.81. The number of benzene rings is 1. The van der Waals surface area contributed by atoms with Crippen LogP contribution in [-0.4, -0.2) is 29.6 Å². The monoisotopic (exact) mass is 351 g/mol. The van der Waals surface area contributed by atoms with Gasteiger partial charge in [-0.1, -0.05) is 58.1 Å². The van der Waals surface area contributed by atoms with Crippen LogP contribution in [0.1, 0.15) is 64.4 Å². The van der Waals surface area contributed by atoms with E-state index in [1.54, 1.807) is 6.07 Å². The van der Waals surface area contributed by atoms with E-state index < -0.39 is 0 Å². The Morgan fingerprint density at radius 3 is 2.62 bits per heavy atom. The van der Waals surface area contributed by atoms with E-state index in [1.807, 2.05) is 12.1 Å². The molecule has 0 bridgehead atoms. The van der Waals surface area contributed by atoms with Crippen LogP contribution in [0, 0.1) is 11.8 Å². The minimum atomic E-state index is 0. The first-order chi connectivity index (χ1) is 11.1. The van der Waals surface area contributed by atoms with E-state index in [0.29, 0.717) is 11.7 Å². The molecule has 0 amide bonds. The molecule has 3 heteroatoms. The van der Waals surface area contributed by atoms with E-state index in [0.717, 1.165) is 5.92 Å². The first kappa shape index (κ1) is 19.6. The van der Waals surface area contributed by atoms with Crippen molar-refractivity contribution in [2.24, 2.45) is 11.8 Å². The Kier molecular flexibility index (Phi) is 7.00. The molecule has 2 unspecified atom stereocenters. The zero-order valence-corrected chi connectivity index (χ0v) is 16.2. The van der Waals surface area contributed by atoms with Crippen molar-refractivity contribution in [1.82, 2.24) is 4.90 Å². The van der Waals surface area contributed by atoms with Crippen LogP contribution in [0.3, 0.4) is 0 Å². The first-order valence-corrected chi connectivity index (χ1v) is 9.60. The quantitative estimate of drug-likeness (QED) is 0.786. The van der Waals surface area contributed by atoms with Gasteiger partial charge in [-0.25, -0.2) is 0 Å². The van der Waals surface area contributed by atoms with Crippen LogP contribution in [0.2, 0.25) is 0 Å². The van der Waals surface area contributed by atoms with Gasteiger partial charge < -0.3 is 10.0 Å². The van der Waals surface area contributed by atoms with Crippen LogP contribution >= 0.6 is 12.4 Å². The summed E-state index contributed by atoms with van der Waals surface area (Å²) in [6, 6.07) is 7.91. The SMILES string of the molecule is CC1CN(CCC2CCCCC2)CCC1(C)c1cccc(O)c1.Cl. The summed E-state index contributed by atoms with van der Waals surface area (Å²) in [6.07, 6.45) is 9.89. The second-order valence-corrected chi connectivity index (χ2v) is 8.21. The van der Waals surface area contributed by atoms with Crippen molar-refractivity contribution in [2.45, 2.75) is 64.2 Å². The van der Waals surface area contributed by atoms with Crippen molar-refractivity contribution in [1.29, 1.82) is 0 Å². The van der Waals surface area contributed by atoms with E-state index in [2.05, 4.69) is 24.8 Å². The number of hydrogen-bond donors (Lipinski definition) is 1. The average Bonchev–Trinajstić information content (AvgIpc) is 2.57. The lowest BCUT2D eigenvalue weighted by atomic mass is 9.68. The van der Waals surface area contributed by atoms with E-state index in [-0.39, 0.29) is 17.8 Å². The van der Waals surface area contributed by atoms with Crippen LogP contribution in [-0.2, 0) is 5.41 Å². The fourth-order valence-corrected chi connectivity index (χ4v) is 4.65. The summed E-state index contributed by atoms with van der Waals surface area (Å²) in [5.74, 6) is 2.01. The summed E-state index contributed by atoms with van der Waals surface area (Å²) in [4.78, 5) is 2.68. The Balaban J connectivity index is 0.00000208. The Labute approximate surface area is 154 Å². The number of nitrogens with zero attached hydrogens (tertiary/aromatic N) is 1. The molecule has 1 saturated heterocycles. The molecule has 0 aromatic heterocycles. The van der Waals surface area contributed by atoms with Crippen LogP contribution in [0.5, 0.6) is 5.75 Å². The molecule has 0 radical (unpaired) electrons. The molecular formula is C21H34ClNO. The smallest absolute Gasteiger partial charge is 0.115 e. The summed E-state index contributed by atoms with van der Waals surface area (Å²) in [5, 5.41) is 9.81. The molecule has 3 rings (SSSR count). The van der Waals surface area contributed by atoms with Gasteiger partial charge in [0.2, 0.25) is 0 Å². The normalized spacial score (nSPS) is 29.2. The highest BCUT2D eigenvalue weighted by Gasteiger charge is 2.38. The molecule has 1 aliphatic carbocycles. The molecule has 136 valence electrons. The van der Waals surface area contributed by atoms with Crippen molar-refractivity contribution in [3.05, 3.63) is 29.8 Å². The Morgan fingerprint density at radius 1 is 1.21 bits per heavy atom. The van der Waals surface area contributed by atoms with Crippen molar-refractivity contribution in [3.8, 4) is 5.75 Å². The minimum Gasteiger partial charge on any atom is -0.508 e. The number of rotatable bonds is 4. The molecule has 1 heterocycles. The second kappa shape index (κ2) is 8.58. The maximum Gasteiger partial charge on any atom is 0.115 e. The molecule has 1 aliphatic heterocycles. The van der Waals surface area contributed by atoms with Crippen molar-refractivity contribution >= 4 is 12.4 Å². The van der Waals surface area contributed by atoms with Crippen LogP contribution in [0.25, 0.3) is 0 Å². The second-order valence-electron chi connectivity index (χ2n) is 8.21. The molecular weight excluding hydrogens is 318 g/mol. The lowest BCUT2D eigenvalue weighted by Gasteiger charge is -2.45.